The molecule has 0 aliphatic rings. The Morgan fingerprint density at radius 3 is 2.54 bits per heavy atom. The first-order valence-corrected chi connectivity index (χ1v) is 4.86. The van der Waals surface area contributed by atoms with Gasteiger partial charge in [0.2, 0.25) is 0 Å². The zero-order valence-corrected chi connectivity index (χ0v) is 8.96. The third kappa shape index (κ3) is 2.02. The molecule has 0 amide bonds. The summed E-state index contributed by atoms with van der Waals surface area (Å²) >= 11 is 0. The van der Waals surface area contributed by atoms with Crippen LogP contribution in [0.4, 0.5) is 5.82 Å². The van der Waals surface area contributed by atoms with Crippen LogP contribution >= 0.6 is 0 Å². The second-order valence-electron chi connectivity index (χ2n) is 3.89. The molecule has 0 atom stereocenters. The molecule has 3 nitrogen and oxygen atoms in total. The first kappa shape index (κ1) is 10.1. The van der Waals surface area contributed by atoms with Crippen molar-refractivity contribution in [3.8, 4) is 0 Å². The number of anilines is 1. The van der Waals surface area contributed by atoms with Crippen LogP contribution in [0.3, 0.4) is 0 Å². The number of hydrogen-bond donors (Lipinski definition) is 1. The van der Waals surface area contributed by atoms with Crippen LogP contribution < -0.4 is 5.73 Å². The normalized spacial score (nSPS) is 11.2. The zero-order valence-electron chi connectivity index (χ0n) is 8.96. The van der Waals surface area contributed by atoms with Crippen molar-refractivity contribution in [1.29, 1.82) is 0 Å². The van der Waals surface area contributed by atoms with Gasteiger partial charge in [0.1, 0.15) is 5.82 Å². The highest BCUT2D eigenvalue weighted by Crippen LogP contribution is 2.20. The lowest BCUT2D eigenvalue weighted by Gasteiger charge is -2.05. The van der Waals surface area contributed by atoms with E-state index in [1.165, 1.54) is 5.56 Å². The van der Waals surface area contributed by atoms with Gasteiger partial charge in [-0.1, -0.05) is 20.8 Å². The number of aryl methyl sites for hydroxylation is 2. The monoisotopic (exact) mass is 181 g/mol. The molecule has 0 aliphatic carbocycles. The number of aromatic nitrogens is 2. The van der Waals surface area contributed by atoms with Gasteiger partial charge in [0.25, 0.3) is 0 Å². The Kier molecular flexibility index (Phi) is 2.96. The number of nitrogens with two attached hydrogens (primary N) is 1. The summed E-state index contributed by atoms with van der Waals surface area (Å²) in [4.78, 5) is 0. The Morgan fingerprint density at radius 1 is 1.46 bits per heavy atom. The van der Waals surface area contributed by atoms with E-state index in [-0.39, 0.29) is 0 Å². The highest BCUT2D eigenvalue weighted by molar-refractivity contribution is 5.43. The van der Waals surface area contributed by atoms with Gasteiger partial charge in [0, 0.05) is 12.6 Å². The summed E-state index contributed by atoms with van der Waals surface area (Å²) in [5.74, 6) is 1.46. The molecule has 0 spiro atoms. The van der Waals surface area contributed by atoms with E-state index in [1.807, 2.05) is 7.05 Å². The Hall–Kier alpha value is -0.990. The van der Waals surface area contributed by atoms with Crippen molar-refractivity contribution in [3.63, 3.8) is 0 Å². The molecule has 74 valence electrons. The van der Waals surface area contributed by atoms with Crippen LogP contribution in [0.25, 0.3) is 0 Å². The van der Waals surface area contributed by atoms with Gasteiger partial charge in [0.15, 0.2) is 0 Å². The zero-order chi connectivity index (χ0) is 10.0. The van der Waals surface area contributed by atoms with Gasteiger partial charge in [0.05, 0.1) is 5.69 Å². The SMILES string of the molecule is CCc1nn(C)c(N)c1CC(C)C. The van der Waals surface area contributed by atoms with E-state index in [0.717, 1.165) is 24.4 Å². The van der Waals surface area contributed by atoms with E-state index in [2.05, 4.69) is 25.9 Å². The first-order valence-electron chi connectivity index (χ1n) is 4.86. The van der Waals surface area contributed by atoms with Gasteiger partial charge in [-0.3, -0.25) is 4.68 Å². The van der Waals surface area contributed by atoms with Crippen LogP contribution in [0.15, 0.2) is 0 Å². The maximum atomic E-state index is 5.93. The molecule has 0 fully saturated rings. The Labute approximate surface area is 79.9 Å². The van der Waals surface area contributed by atoms with Crippen LogP contribution in [-0.2, 0) is 19.9 Å². The van der Waals surface area contributed by atoms with Crippen LogP contribution in [0.5, 0.6) is 0 Å². The van der Waals surface area contributed by atoms with Gasteiger partial charge in [-0.2, -0.15) is 5.10 Å². The molecule has 0 aliphatic heterocycles. The maximum Gasteiger partial charge on any atom is 0.124 e. The van der Waals surface area contributed by atoms with Crippen molar-refractivity contribution in [3.05, 3.63) is 11.3 Å². The largest absolute Gasteiger partial charge is 0.384 e. The average molecular weight is 181 g/mol. The molecule has 1 heterocycles. The van der Waals surface area contributed by atoms with Crippen molar-refractivity contribution < 1.29 is 0 Å². The van der Waals surface area contributed by atoms with Gasteiger partial charge >= 0.3 is 0 Å². The molecule has 1 rings (SSSR count). The summed E-state index contributed by atoms with van der Waals surface area (Å²) in [6.07, 6.45) is 2.00. The van der Waals surface area contributed by atoms with Gasteiger partial charge in [-0.25, -0.2) is 0 Å². The standard InChI is InChI=1S/C10H19N3/c1-5-9-8(6-7(2)3)10(11)13(4)12-9/h7H,5-6,11H2,1-4H3. The minimum Gasteiger partial charge on any atom is -0.384 e. The fourth-order valence-electron chi connectivity index (χ4n) is 1.55. The Bertz CT molecular complexity index is 287. The second kappa shape index (κ2) is 3.81. The van der Waals surface area contributed by atoms with Crippen molar-refractivity contribution in [2.24, 2.45) is 13.0 Å². The molecule has 3 heteroatoms. The molecule has 1 aromatic rings. The minimum absolute atomic E-state index is 0.636. The summed E-state index contributed by atoms with van der Waals surface area (Å²) in [6, 6.07) is 0. The van der Waals surface area contributed by atoms with Crippen molar-refractivity contribution in [2.75, 3.05) is 5.73 Å². The summed E-state index contributed by atoms with van der Waals surface area (Å²) in [5.41, 5.74) is 8.31. The predicted molar refractivity (Wildman–Crippen MR) is 55.5 cm³/mol. The Morgan fingerprint density at radius 2 is 2.08 bits per heavy atom. The van der Waals surface area contributed by atoms with E-state index in [0.29, 0.717) is 5.92 Å². The average Bonchev–Trinajstić information content (AvgIpc) is 2.31. The van der Waals surface area contributed by atoms with E-state index < -0.39 is 0 Å². The lowest BCUT2D eigenvalue weighted by atomic mass is 10.0. The van der Waals surface area contributed by atoms with Crippen LogP contribution in [0.2, 0.25) is 0 Å². The van der Waals surface area contributed by atoms with E-state index in [1.54, 1.807) is 4.68 Å². The lowest BCUT2D eigenvalue weighted by Crippen LogP contribution is -2.02. The van der Waals surface area contributed by atoms with Crippen molar-refractivity contribution >= 4 is 5.82 Å². The maximum absolute atomic E-state index is 5.93. The van der Waals surface area contributed by atoms with Crippen LogP contribution in [0, 0.1) is 5.92 Å². The summed E-state index contributed by atoms with van der Waals surface area (Å²) in [6.45, 7) is 6.52. The van der Waals surface area contributed by atoms with E-state index >= 15 is 0 Å². The molecule has 2 N–H and O–H groups in total. The van der Waals surface area contributed by atoms with Crippen molar-refractivity contribution in [1.82, 2.24) is 9.78 Å². The fraction of sp³-hybridized carbons (Fsp3) is 0.700. The predicted octanol–water partition coefficient (Wildman–Crippen LogP) is 1.76. The molecule has 13 heavy (non-hydrogen) atoms. The molecule has 0 radical (unpaired) electrons. The van der Waals surface area contributed by atoms with Crippen LogP contribution in [0.1, 0.15) is 32.0 Å². The molecule has 0 aromatic carbocycles. The number of hydrogen-bond acceptors (Lipinski definition) is 2. The first-order chi connectivity index (χ1) is 6.06. The third-order valence-corrected chi connectivity index (χ3v) is 2.22. The summed E-state index contributed by atoms with van der Waals surface area (Å²) in [7, 11) is 1.90. The molecule has 0 unspecified atom stereocenters. The van der Waals surface area contributed by atoms with E-state index in [9.17, 15) is 0 Å². The molecular weight excluding hydrogens is 162 g/mol. The number of nitrogen functional groups attached to an aromatic ring is 1. The molecular formula is C10H19N3. The van der Waals surface area contributed by atoms with E-state index in [4.69, 9.17) is 5.73 Å². The highest BCUT2D eigenvalue weighted by atomic mass is 15.3. The molecule has 0 bridgehead atoms. The smallest absolute Gasteiger partial charge is 0.124 e. The Balaban J connectivity index is 3.01. The summed E-state index contributed by atoms with van der Waals surface area (Å²) < 4.78 is 1.77. The summed E-state index contributed by atoms with van der Waals surface area (Å²) in [5, 5.41) is 4.37. The topological polar surface area (TPSA) is 43.8 Å². The van der Waals surface area contributed by atoms with Crippen LogP contribution in [-0.4, -0.2) is 9.78 Å². The number of rotatable bonds is 3. The third-order valence-electron chi connectivity index (χ3n) is 2.22. The number of nitrogens with zero attached hydrogens (tertiary/aromatic N) is 2. The highest BCUT2D eigenvalue weighted by Gasteiger charge is 2.12. The molecule has 0 saturated heterocycles. The fourth-order valence-corrected chi connectivity index (χ4v) is 1.55. The minimum atomic E-state index is 0.636. The molecule has 0 saturated carbocycles. The second-order valence-corrected chi connectivity index (χ2v) is 3.89. The van der Waals surface area contributed by atoms with Gasteiger partial charge < -0.3 is 5.73 Å². The quantitative estimate of drug-likeness (QED) is 0.772. The molecule has 1 aromatic heterocycles. The van der Waals surface area contributed by atoms with Gasteiger partial charge in [-0.05, 0) is 18.8 Å². The van der Waals surface area contributed by atoms with Crippen molar-refractivity contribution in [2.45, 2.75) is 33.6 Å². The van der Waals surface area contributed by atoms with Gasteiger partial charge in [-0.15, -0.1) is 0 Å². The lowest BCUT2D eigenvalue weighted by molar-refractivity contribution is 0.644.